The fourth-order valence-corrected chi connectivity index (χ4v) is 4.03. The van der Waals surface area contributed by atoms with Gasteiger partial charge in [0.05, 0.1) is 15.8 Å². The van der Waals surface area contributed by atoms with Gasteiger partial charge in [0, 0.05) is 11.8 Å². The number of hydrogen-bond donors (Lipinski definition) is 0. The van der Waals surface area contributed by atoms with Crippen LogP contribution in [0.4, 0.5) is 0 Å². The zero-order valence-corrected chi connectivity index (χ0v) is 12.8. The predicted octanol–water partition coefficient (Wildman–Crippen LogP) is 4.46. The first-order valence-corrected chi connectivity index (χ1v) is 8.09. The fraction of sp³-hybridized carbons (Fsp3) is 0.412. The molecule has 1 saturated carbocycles. The van der Waals surface area contributed by atoms with E-state index in [9.17, 15) is 4.79 Å². The van der Waals surface area contributed by atoms with E-state index in [1.54, 1.807) is 11.8 Å². The lowest BCUT2D eigenvalue weighted by Crippen LogP contribution is -2.21. The van der Waals surface area contributed by atoms with Gasteiger partial charge in [0.2, 0.25) is 0 Å². The molecule has 0 bridgehead atoms. The highest BCUT2D eigenvalue weighted by Crippen LogP contribution is 2.33. The Morgan fingerprint density at radius 1 is 1.20 bits per heavy atom. The van der Waals surface area contributed by atoms with Gasteiger partial charge in [-0.05, 0) is 43.9 Å². The van der Waals surface area contributed by atoms with Crippen LogP contribution in [0.1, 0.15) is 36.8 Å². The Hall–Kier alpha value is -1.35. The van der Waals surface area contributed by atoms with Gasteiger partial charge in [0.1, 0.15) is 5.78 Å². The smallest absolute Gasteiger partial charge is 0.146 e. The number of fused-ring (bicyclic) bond motifs is 1. The molecule has 0 spiro atoms. The minimum Gasteiger partial charge on any atom is -0.298 e. The molecule has 0 aliphatic heterocycles. The molecule has 20 heavy (non-hydrogen) atoms. The number of rotatable bonds is 2. The molecule has 2 aromatic rings. The first-order valence-electron chi connectivity index (χ1n) is 7.21. The Kier molecular flexibility index (Phi) is 3.79. The van der Waals surface area contributed by atoms with Gasteiger partial charge in [0.25, 0.3) is 0 Å². The van der Waals surface area contributed by atoms with E-state index in [2.05, 4.69) is 38.1 Å². The predicted molar refractivity (Wildman–Crippen MR) is 84.3 cm³/mol. The van der Waals surface area contributed by atoms with E-state index in [1.165, 1.54) is 16.5 Å². The van der Waals surface area contributed by atoms with Crippen LogP contribution in [-0.2, 0) is 4.79 Å². The number of pyridine rings is 1. The number of nitrogens with zero attached hydrogens (tertiary/aromatic N) is 1. The first-order chi connectivity index (χ1) is 9.65. The van der Waals surface area contributed by atoms with Gasteiger partial charge in [-0.2, -0.15) is 0 Å². The number of carbonyl (C=O) groups excluding carboxylic acids is 1. The number of aryl methyl sites for hydroxylation is 2. The summed E-state index contributed by atoms with van der Waals surface area (Å²) in [5.74, 6) is 0.394. The number of benzene rings is 1. The number of Topliss-reactive ketones (excluding diaryl/α,β-unsaturated/α-hetero) is 1. The Labute approximate surface area is 124 Å². The highest BCUT2D eigenvalue weighted by molar-refractivity contribution is 8.00. The Balaban J connectivity index is 1.96. The molecule has 1 aromatic carbocycles. The number of carbonyl (C=O) groups is 1. The van der Waals surface area contributed by atoms with Crippen molar-refractivity contribution in [1.29, 1.82) is 0 Å². The van der Waals surface area contributed by atoms with Crippen molar-refractivity contribution in [3.8, 4) is 0 Å². The van der Waals surface area contributed by atoms with Gasteiger partial charge in [-0.3, -0.25) is 4.79 Å². The van der Waals surface area contributed by atoms with Crippen LogP contribution in [0.5, 0.6) is 0 Å². The second-order valence-electron chi connectivity index (χ2n) is 5.57. The van der Waals surface area contributed by atoms with E-state index < -0.39 is 0 Å². The number of para-hydroxylation sites is 1. The molecule has 1 aliphatic carbocycles. The van der Waals surface area contributed by atoms with Crippen LogP contribution < -0.4 is 0 Å². The van der Waals surface area contributed by atoms with Gasteiger partial charge in [-0.25, -0.2) is 4.98 Å². The number of thioether (sulfide) groups is 1. The average Bonchev–Trinajstić information content (AvgIpc) is 2.43. The molecule has 0 saturated heterocycles. The summed E-state index contributed by atoms with van der Waals surface area (Å²) in [6, 6.07) is 8.40. The molecule has 1 fully saturated rings. The van der Waals surface area contributed by atoms with Crippen LogP contribution in [0.3, 0.4) is 0 Å². The van der Waals surface area contributed by atoms with E-state index in [0.29, 0.717) is 5.78 Å². The molecule has 3 heteroatoms. The molecule has 104 valence electrons. The van der Waals surface area contributed by atoms with E-state index in [-0.39, 0.29) is 5.25 Å². The summed E-state index contributed by atoms with van der Waals surface area (Å²) in [6.07, 6.45) is 3.95. The van der Waals surface area contributed by atoms with Crippen molar-refractivity contribution < 1.29 is 4.79 Å². The third-order valence-electron chi connectivity index (χ3n) is 3.99. The average molecular weight is 285 g/mol. The van der Waals surface area contributed by atoms with Crippen molar-refractivity contribution >= 4 is 28.4 Å². The lowest BCUT2D eigenvalue weighted by atomic mass is 9.99. The molecule has 3 rings (SSSR count). The quantitative estimate of drug-likeness (QED) is 0.816. The van der Waals surface area contributed by atoms with Crippen molar-refractivity contribution in [3.05, 3.63) is 35.4 Å². The second-order valence-corrected chi connectivity index (χ2v) is 6.79. The van der Waals surface area contributed by atoms with Gasteiger partial charge >= 0.3 is 0 Å². The summed E-state index contributed by atoms with van der Waals surface area (Å²) < 4.78 is 0. The van der Waals surface area contributed by atoms with Crippen LogP contribution in [0.15, 0.2) is 29.3 Å². The van der Waals surface area contributed by atoms with Crippen LogP contribution in [0.2, 0.25) is 0 Å². The molecule has 2 nitrogen and oxygen atoms in total. The van der Waals surface area contributed by atoms with Gasteiger partial charge in [-0.1, -0.05) is 36.4 Å². The first kappa shape index (κ1) is 13.6. The molecule has 0 amide bonds. The van der Waals surface area contributed by atoms with Crippen LogP contribution in [0.25, 0.3) is 10.9 Å². The van der Waals surface area contributed by atoms with Crippen molar-refractivity contribution in [2.24, 2.45) is 0 Å². The summed E-state index contributed by atoms with van der Waals surface area (Å²) in [6.45, 7) is 4.21. The topological polar surface area (TPSA) is 30.0 Å². The third kappa shape index (κ3) is 2.59. The maximum Gasteiger partial charge on any atom is 0.146 e. The van der Waals surface area contributed by atoms with Crippen LogP contribution >= 0.6 is 11.8 Å². The van der Waals surface area contributed by atoms with Crippen LogP contribution in [0, 0.1) is 13.8 Å². The zero-order chi connectivity index (χ0) is 14.1. The standard InChI is InChI=1S/C17H19NOS/c1-11-6-5-7-13-12(2)10-16(18-17(11)13)20-15-9-4-3-8-14(15)19/h5-7,10,15H,3-4,8-9H2,1-2H3/t15-/m1/s1. The van der Waals surface area contributed by atoms with Gasteiger partial charge < -0.3 is 0 Å². The normalized spacial score (nSPS) is 19.5. The van der Waals surface area contributed by atoms with E-state index >= 15 is 0 Å². The van der Waals surface area contributed by atoms with Gasteiger partial charge in [0.15, 0.2) is 0 Å². The molecule has 0 unspecified atom stereocenters. The fourth-order valence-electron chi connectivity index (χ4n) is 2.81. The van der Waals surface area contributed by atoms with E-state index in [1.807, 2.05) is 0 Å². The molecular formula is C17H19NOS. The minimum atomic E-state index is 0.108. The lowest BCUT2D eigenvalue weighted by Gasteiger charge is -2.19. The maximum absolute atomic E-state index is 12.0. The third-order valence-corrected chi connectivity index (χ3v) is 5.22. The van der Waals surface area contributed by atoms with Crippen LogP contribution in [-0.4, -0.2) is 16.0 Å². The molecule has 0 N–H and O–H groups in total. The largest absolute Gasteiger partial charge is 0.298 e. The second kappa shape index (κ2) is 5.57. The minimum absolute atomic E-state index is 0.108. The van der Waals surface area contributed by atoms with Crippen molar-refractivity contribution in [1.82, 2.24) is 4.98 Å². The van der Waals surface area contributed by atoms with E-state index in [0.717, 1.165) is 36.2 Å². The maximum atomic E-state index is 12.0. The molecule has 1 atom stereocenters. The van der Waals surface area contributed by atoms with E-state index in [4.69, 9.17) is 4.98 Å². The SMILES string of the molecule is Cc1cc(S[C@@H]2CCCCC2=O)nc2c(C)cccc12. The molecule has 1 aromatic heterocycles. The molecular weight excluding hydrogens is 266 g/mol. The number of aromatic nitrogens is 1. The monoisotopic (exact) mass is 285 g/mol. The van der Waals surface area contributed by atoms with Crippen molar-refractivity contribution in [3.63, 3.8) is 0 Å². The van der Waals surface area contributed by atoms with Crippen molar-refractivity contribution in [2.45, 2.75) is 49.8 Å². The highest BCUT2D eigenvalue weighted by atomic mass is 32.2. The van der Waals surface area contributed by atoms with Crippen molar-refractivity contribution in [2.75, 3.05) is 0 Å². The molecule has 0 radical (unpaired) electrons. The summed E-state index contributed by atoms with van der Waals surface area (Å²) >= 11 is 1.65. The Morgan fingerprint density at radius 3 is 2.85 bits per heavy atom. The lowest BCUT2D eigenvalue weighted by molar-refractivity contribution is -0.119. The summed E-state index contributed by atoms with van der Waals surface area (Å²) in [4.78, 5) is 16.7. The number of ketones is 1. The molecule has 1 aliphatic rings. The summed E-state index contributed by atoms with van der Waals surface area (Å²) in [5, 5.41) is 2.31. The summed E-state index contributed by atoms with van der Waals surface area (Å²) in [7, 11) is 0. The zero-order valence-electron chi connectivity index (χ0n) is 12.0. The summed E-state index contributed by atoms with van der Waals surface area (Å²) in [5.41, 5.74) is 3.51. The Bertz CT molecular complexity index is 665. The number of hydrogen-bond acceptors (Lipinski definition) is 3. The highest BCUT2D eigenvalue weighted by Gasteiger charge is 2.23. The molecule has 1 heterocycles. The Morgan fingerprint density at radius 2 is 2.05 bits per heavy atom. The van der Waals surface area contributed by atoms with Gasteiger partial charge in [-0.15, -0.1) is 0 Å².